The summed E-state index contributed by atoms with van der Waals surface area (Å²) in [5.74, 6) is -0.0195. The summed E-state index contributed by atoms with van der Waals surface area (Å²) in [6, 6.07) is -0.656. The van der Waals surface area contributed by atoms with Gasteiger partial charge in [-0.15, -0.1) is 0 Å². The average molecular weight is 200 g/mol. The van der Waals surface area contributed by atoms with E-state index in [1.165, 1.54) is 6.20 Å². The molecule has 0 aliphatic heterocycles. The molecule has 1 aromatic rings. The fourth-order valence-corrected chi connectivity index (χ4v) is 0.929. The number of amides is 1. The molecule has 1 rings (SSSR count). The SMILES string of the molecule is Cc1oncc1C(=O)NC(CO)CO. The second-order valence-electron chi connectivity index (χ2n) is 2.83. The van der Waals surface area contributed by atoms with Crippen molar-refractivity contribution < 1.29 is 19.5 Å². The molecule has 1 aromatic heterocycles. The summed E-state index contributed by atoms with van der Waals surface area (Å²) >= 11 is 0. The Morgan fingerprint density at radius 1 is 1.64 bits per heavy atom. The standard InChI is InChI=1S/C8H12N2O4/c1-5-7(2-9-14-5)8(13)10-6(3-11)4-12/h2,6,11-12H,3-4H2,1H3,(H,10,13). The summed E-state index contributed by atoms with van der Waals surface area (Å²) in [6.07, 6.45) is 1.29. The van der Waals surface area contributed by atoms with Crippen LogP contribution in [-0.4, -0.2) is 40.5 Å². The molecule has 0 aromatic carbocycles. The lowest BCUT2D eigenvalue weighted by atomic mass is 10.2. The van der Waals surface area contributed by atoms with Crippen molar-refractivity contribution in [2.45, 2.75) is 13.0 Å². The Balaban J connectivity index is 2.63. The minimum Gasteiger partial charge on any atom is -0.394 e. The first kappa shape index (κ1) is 10.7. The first-order valence-electron chi connectivity index (χ1n) is 4.13. The van der Waals surface area contributed by atoms with Crippen LogP contribution in [0.5, 0.6) is 0 Å². The molecule has 6 nitrogen and oxygen atoms in total. The fraction of sp³-hybridized carbons (Fsp3) is 0.500. The normalized spacial score (nSPS) is 10.6. The number of nitrogens with zero attached hydrogens (tertiary/aromatic N) is 1. The summed E-state index contributed by atoms with van der Waals surface area (Å²) < 4.78 is 4.70. The third kappa shape index (κ3) is 2.30. The van der Waals surface area contributed by atoms with E-state index in [1.54, 1.807) is 6.92 Å². The van der Waals surface area contributed by atoms with E-state index in [1.807, 2.05) is 0 Å². The molecule has 1 heterocycles. The van der Waals surface area contributed by atoms with E-state index in [4.69, 9.17) is 14.7 Å². The third-order valence-electron chi connectivity index (χ3n) is 1.77. The minimum atomic E-state index is -0.656. The van der Waals surface area contributed by atoms with Crippen molar-refractivity contribution in [2.24, 2.45) is 0 Å². The van der Waals surface area contributed by atoms with Gasteiger partial charge in [-0.2, -0.15) is 0 Å². The van der Waals surface area contributed by atoms with Crippen LogP contribution in [0, 0.1) is 6.92 Å². The van der Waals surface area contributed by atoms with Crippen molar-refractivity contribution in [3.8, 4) is 0 Å². The number of rotatable bonds is 4. The van der Waals surface area contributed by atoms with Crippen LogP contribution in [0.2, 0.25) is 0 Å². The van der Waals surface area contributed by atoms with Gasteiger partial charge in [-0.25, -0.2) is 0 Å². The molecule has 0 fully saturated rings. The highest BCUT2D eigenvalue weighted by Crippen LogP contribution is 2.05. The Labute approximate surface area is 80.5 Å². The molecule has 0 radical (unpaired) electrons. The fourth-order valence-electron chi connectivity index (χ4n) is 0.929. The van der Waals surface area contributed by atoms with Crippen LogP contribution in [0.1, 0.15) is 16.1 Å². The maximum atomic E-state index is 11.4. The van der Waals surface area contributed by atoms with Gasteiger partial charge in [0.25, 0.3) is 5.91 Å². The molecular formula is C8H12N2O4. The summed E-state index contributed by atoms with van der Waals surface area (Å²) in [4.78, 5) is 11.4. The summed E-state index contributed by atoms with van der Waals surface area (Å²) in [5.41, 5.74) is 0.303. The van der Waals surface area contributed by atoms with Crippen LogP contribution >= 0.6 is 0 Å². The Hall–Kier alpha value is -1.40. The molecule has 1 amide bonds. The van der Waals surface area contributed by atoms with Crippen LogP contribution in [0.25, 0.3) is 0 Å². The van der Waals surface area contributed by atoms with Crippen LogP contribution in [0.3, 0.4) is 0 Å². The molecule has 3 N–H and O–H groups in total. The monoisotopic (exact) mass is 200 g/mol. The van der Waals surface area contributed by atoms with Crippen LogP contribution < -0.4 is 5.32 Å². The van der Waals surface area contributed by atoms with Gasteiger partial charge >= 0.3 is 0 Å². The summed E-state index contributed by atoms with van der Waals surface area (Å²) in [7, 11) is 0. The molecule has 0 saturated heterocycles. The van der Waals surface area contributed by atoms with Gasteiger partial charge in [0.2, 0.25) is 0 Å². The van der Waals surface area contributed by atoms with Crippen molar-refractivity contribution in [1.82, 2.24) is 10.5 Å². The average Bonchev–Trinajstić information content (AvgIpc) is 2.60. The molecule has 0 unspecified atom stereocenters. The molecule has 0 atom stereocenters. The molecule has 78 valence electrons. The lowest BCUT2D eigenvalue weighted by Crippen LogP contribution is -2.40. The van der Waals surface area contributed by atoms with Gasteiger partial charge in [0.05, 0.1) is 25.5 Å². The minimum absolute atomic E-state index is 0.303. The van der Waals surface area contributed by atoms with Gasteiger partial charge in [0, 0.05) is 0 Å². The quantitative estimate of drug-likeness (QED) is 0.583. The molecule has 0 bridgehead atoms. The predicted molar refractivity (Wildman–Crippen MR) is 46.7 cm³/mol. The molecule has 14 heavy (non-hydrogen) atoms. The van der Waals surface area contributed by atoms with E-state index >= 15 is 0 Å². The van der Waals surface area contributed by atoms with E-state index in [2.05, 4.69) is 10.5 Å². The van der Waals surface area contributed by atoms with Gasteiger partial charge in [-0.3, -0.25) is 4.79 Å². The number of carbonyl (C=O) groups is 1. The zero-order chi connectivity index (χ0) is 10.6. The molecule has 6 heteroatoms. The molecule has 0 aliphatic rings. The first-order chi connectivity index (χ1) is 6.69. The van der Waals surface area contributed by atoms with Crippen molar-refractivity contribution in [3.05, 3.63) is 17.5 Å². The smallest absolute Gasteiger partial charge is 0.256 e. The lowest BCUT2D eigenvalue weighted by molar-refractivity contribution is 0.0878. The number of carbonyl (C=O) groups excluding carboxylic acids is 1. The number of aryl methyl sites for hydroxylation is 1. The first-order valence-corrected chi connectivity index (χ1v) is 4.13. The molecule has 0 aliphatic carbocycles. The van der Waals surface area contributed by atoms with E-state index in [9.17, 15) is 4.79 Å². The largest absolute Gasteiger partial charge is 0.394 e. The van der Waals surface area contributed by atoms with Crippen LogP contribution in [0.4, 0.5) is 0 Å². The van der Waals surface area contributed by atoms with Crippen LogP contribution in [-0.2, 0) is 0 Å². The van der Waals surface area contributed by atoms with Crippen molar-refractivity contribution in [1.29, 1.82) is 0 Å². The topological polar surface area (TPSA) is 95.6 Å². The Bertz CT molecular complexity index is 306. The highest BCUT2D eigenvalue weighted by atomic mass is 16.5. The Kier molecular flexibility index (Phi) is 3.61. The third-order valence-corrected chi connectivity index (χ3v) is 1.77. The number of aliphatic hydroxyl groups excluding tert-OH is 2. The van der Waals surface area contributed by atoms with Crippen LogP contribution in [0.15, 0.2) is 10.7 Å². The highest BCUT2D eigenvalue weighted by Gasteiger charge is 2.16. The van der Waals surface area contributed by atoms with Crippen molar-refractivity contribution in [3.63, 3.8) is 0 Å². The predicted octanol–water partition coefficient (Wildman–Crippen LogP) is -0.934. The molecule has 0 spiro atoms. The second kappa shape index (κ2) is 4.73. The van der Waals surface area contributed by atoms with Gasteiger partial charge < -0.3 is 20.1 Å². The van der Waals surface area contributed by atoms with Crippen molar-refractivity contribution >= 4 is 5.91 Å². The summed E-state index contributed by atoms with van der Waals surface area (Å²) in [5, 5.41) is 23.3. The molecular weight excluding hydrogens is 188 g/mol. The summed E-state index contributed by atoms with van der Waals surface area (Å²) in [6.45, 7) is 0.980. The van der Waals surface area contributed by atoms with Gasteiger partial charge in [0.1, 0.15) is 11.3 Å². The maximum absolute atomic E-state index is 11.4. The van der Waals surface area contributed by atoms with E-state index in [-0.39, 0.29) is 13.2 Å². The number of hydrogen-bond donors (Lipinski definition) is 3. The van der Waals surface area contributed by atoms with E-state index in [0.29, 0.717) is 11.3 Å². The van der Waals surface area contributed by atoms with Crippen molar-refractivity contribution in [2.75, 3.05) is 13.2 Å². The number of aliphatic hydroxyl groups is 2. The Morgan fingerprint density at radius 3 is 2.71 bits per heavy atom. The maximum Gasteiger partial charge on any atom is 0.256 e. The van der Waals surface area contributed by atoms with E-state index in [0.717, 1.165) is 0 Å². The zero-order valence-electron chi connectivity index (χ0n) is 7.73. The van der Waals surface area contributed by atoms with E-state index < -0.39 is 11.9 Å². The Morgan fingerprint density at radius 2 is 2.29 bits per heavy atom. The second-order valence-corrected chi connectivity index (χ2v) is 2.83. The number of hydrogen-bond acceptors (Lipinski definition) is 5. The van der Waals surface area contributed by atoms with Gasteiger partial charge in [-0.1, -0.05) is 5.16 Å². The lowest BCUT2D eigenvalue weighted by Gasteiger charge is -2.12. The highest BCUT2D eigenvalue weighted by molar-refractivity contribution is 5.94. The van der Waals surface area contributed by atoms with Gasteiger partial charge in [-0.05, 0) is 6.92 Å². The number of nitrogens with one attached hydrogen (secondary N) is 1. The number of aromatic nitrogens is 1. The van der Waals surface area contributed by atoms with Gasteiger partial charge in [0.15, 0.2) is 0 Å². The zero-order valence-corrected chi connectivity index (χ0v) is 7.73. The molecule has 0 saturated carbocycles.